The number of carbonyl (C=O) groups is 3. The van der Waals surface area contributed by atoms with Crippen LogP contribution in [0.25, 0.3) is 10.9 Å². The molecule has 0 saturated carbocycles. The van der Waals surface area contributed by atoms with Crippen LogP contribution in [-0.2, 0) is 9.59 Å². The maximum atomic E-state index is 12.0. The highest BCUT2D eigenvalue weighted by atomic mass is 16.2. The van der Waals surface area contributed by atoms with E-state index in [1.54, 1.807) is 24.3 Å². The molecule has 26 heavy (non-hydrogen) atoms. The number of aromatic nitrogens is 1. The molecule has 0 aliphatic heterocycles. The van der Waals surface area contributed by atoms with Gasteiger partial charge in [0.1, 0.15) is 0 Å². The summed E-state index contributed by atoms with van der Waals surface area (Å²) in [5.74, 6) is -1.14. The van der Waals surface area contributed by atoms with Crippen LogP contribution in [0.5, 0.6) is 0 Å². The minimum absolute atomic E-state index is 0.0268. The number of rotatable bonds is 6. The highest BCUT2D eigenvalue weighted by Gasteiger charge is 2.09. The average Bonchev–Trinajstić information content (AvgIpc) is 3.08. The van der Waals surface area contributed by atoms with Crippen LogP contribution < -0.4 is 16.4 Å². The molecule has 7 heteroatoms. The van der Waals surface area contributed by atoms with Crippen molar-refractivity contribution in [3.63, 3.8) is 0 Å². The number of hydrogen-bond acceptors (Lipinski definition) is 3. The number of nitrogens with two attached hydrogens (primary N) is 1. The molecule has 2 aromatic carbocycles. The van der Waals surface area contributed by atoms with E-state index in [4.69, 9.17) is 5.73 Å². The van der Waals surface area contributed by atoms with Crippen LogP contribution in [0.2, 0.25) is 0 Å². The molecule has 0 aliphatic carbocycles. The molecule has 3 aromatic rings. The number of primary amides is 1. The summed E-state index contributed by atoms with van der Waals surface area (Å²) in [7, 11) is 0. The maximum Gasteiger partial charge on any atom is 0.248 e. The van der Waals surface area contributed by atoms with Crippen molar-refractivity contribution in [3.05, 3.63) is 60.3 Å². The molecule has 0 atom stereocenters. The molecular weight excluding hydrogens is 332 g/mol. The van der Waals surface area contributed by atoms with Gasteiger partial charge in [0, 0.05) is 46.9 Å². The second-order valence-electron chi connectivity index (χ2n) is 5.82. The van der Waals surface area contributed by atoms with Gasteiger partial charge in [0.2, 0.25) is 17.7 Å². The first-order valence-corrected chi connectivity index (χ1v) is 8.08. The highest BCUT2D eigenvalue weighted by Crippen LogP contribution is 2.18. The van der Waals surface area contributed by atoms with Crippen LogP contribution in [0.15, 0.2) is 54.7 Å². The Bertz CT molecular complexity index is 978. The molecular formula is C19H18N4O3. The zero-order chi connectivity index (χ0) is 18.5. The number of H-pyrrole nitrogens is 1. The van der Waals surface area contributed by atoms with E-state index in [1.165, 1.54) is 6.07 Å². The lowest BCUT2D eigenvalue weighted by Gasteiger charge is -2.07. The molecule has 3 rings (SSSR count). The number of amides is 3. The monoisotopic (exact) mass is 350 g/mol. The molecule has 3 amide bonds. The Kier molecular flexibility index (Phi) is 4.98. The van der Waals surface area contributed by atoms with Crippen LogP contribution in [-0.4, -0.2) is 22.7 Å². The van der Waals surface area contributed by atoms with Gasteiger partial charge < -0.3 is 21.4 Å². The molecule has 0 unspecified atom stereocenters. The van der Waals surface area contributed by atoms with Crippen molar-refractivity contribution >= 4 is 40.0 Å². The largest absolute Gasteiger partial charge is 0.366 e. The number of hydrogen-bond donors (Lipinski definition) is 4. The first-order chi connectivity index (χ1) is 12.5. The summed E-state index contributed by atoms with van der Waals surface area (Å²) in [6.45, 7) is 0. The Hall–Kier alpha value is -3.61. The van der Waals surface area contributed by atoms with Crippen LogP contribution in [0.3, 0.4) is 0 Å². The van der Waals surface area contributed by atoms with Gasteiger partial charge >= 0.3 is 0 Å². The third-order valence-corrected chi connectivity index (χ3v) is 3.85. The molecule has 5 N–H and O–H groups in total. The summed E-state index contributed by atoms with van der Waals surface area (Å²) in [5, 5.41) is 6.41. The summed E-state index contributed by atoms with van der Waals surface area (Å²) < 4.78 is 0. The number of fused-ring (bicyclic) bond motifs is 1. The van der Waals surface area contributed by atoms with E-state index in [9.17, 15) is 14.4 Å². The molecule has 0 saturated heterocycles. The lowest BCUT2D eigenvalue weighted by atomic mass is 10.2. The van der Waals surface area contributed by atoms with Gasteiger partial charge in [0.05, 0.1) is 0 Å². The zero-order valence-corrected chi connectivity index (χ0v) is 13.9. The van der Waals surface area contributed by atoms with Crippen LogP contribution >= 0.6 is 0 Å². The van der Waals surface area contributed by atoms with Gasteiger partial charge in [-0.25, -0.2) is 0 Å². The Morgan fingerprint density at radius 2 is 1.58 bits per heavy atom. The normalized spacial score (nSPS) is 10.5. The molecule has 7 nitrogen and oxygen atoms in total. The standard InChI is InChI=1S/C19H18N4O3/c20-19(26)13-2-1-3-14(11-13)22-17(24)6-7-18(25)23-15-4-5-16-12(10-15)8-9-21-16/h1-5,8-11,21H,6-7H2,(H2,20,26)(H,22,24)(H,23,25). The SMILES string of the molecule is NC(=O)c1cccc(NC(=O)CCC(=O)Nc2ccc3[nH]ccc3c2)c1. The minimum atomic E-state index is -0.570. The molecule has 0 aliphatic rings. The van der Waals surface area contributed by atoms with Crippen molar-refractivity contribution < 1.29 is 14.4 Å². The van der Waals surface area contributed by atoms with Crippen LogP contribution in [0.4, 0.5) is 11.4 Å². The predicted octanol–water partition coefficient (Wildman–Crippen LogP) is 2.62. The fourth-order valence-electron chi connectivity index (χ4n) is 2.56. The first kappa shape index (κ1) is 17.2. The van der Waals surface area contributed by atoms with Gasteiger partial charge in [0.25, 0.3) is 0 Å². The van der Waals surface area contributed by atoms with E-state index in [2.05, 4.69) is 15.6 Å². The third kappa shape index (κ3) is 4.27. The van der Waals surface area contributed by atoms with Crippen molar-refractivity contribution in [2.75, 3.05) is 10.6 Å². The number of aromatic amines is 1. The smallest absolute Gasteiger partial charge is 0.248 e. The average molecular weight is 350 g/mol. The fraction of sp³-hybridized carbons (Fsp3) is 0.105. The van der Waals surface area contributed by atoms with E-state index in [1.807, 2.05) is 24.4 Å². The van der Waals surface area contributed by atoms with Crippen molar-refractivity contribution in [2.45, 2.75) is 12.8 Å². The highest BCUT2D eigenvalue weighted by molar-refractivity contribution is 5.99. The Labute approximate surface area is 149 Å². The predicted molar refractivity (Wildman–Crippen MR) is 99.8 cm³/mol. The lowest BCUT2D eigenvalue weighted by Crippen LogP contribution is -2.18. The number of anilines is 2. The van der Waals surface area contributed by atoms with Gasteiger partial charge in [-0.05, 0) is 42.5 Å². The van der Waals surface area contributed by atoms with Crippen molar-refractivity contribution in [2.24, 2.45) is 5.73 Å². The third-order valence-electron chi connectivity index (χ3n) is 3.85. The zero-order valence-electron chi connectivity index (χ0n) is 13.9. The van der Waals surface area contributed by atoms with E-state index in [-0.39, 0.29) is 24.7 Å². The van der Waals surface area contributed by atoms with Gasteiger partial charge in [-0.15, -0.1) is 0 Å². The maximum absolute atomic E-state index is 12.0. The van der Waals surface area contributed by atoms with E-state index >= 15 is 0 Å². The van der Waals surface area contributed by atoms with E-state index < -0.39 is 5.91 Å². The summed E-state index contributed by atoms with van der Waals surface area (Å²) in [6, 6.07) is 13.8. The molecule has 0 fully saturated rings. The van der Waals surface area contributed by atoms with Crippen molar-refractivity contribution in [1.82, 2.24) is 4.98 Å². The summed E-state index contributed by atoms with van der Waals surface area (Å²) in [5.41, 5.74) is 7.64. The Morgan fingerprint density at radius 3 is 2.27 bits per heavy atom. The summed E-state index contributed by atoms with van der Waals surface area (Å²) >= 11 is 0. The van der Waals surface area contributed by atoms with Crippen molar-refractivity contribution in [1.29, 1.82) is 0 Å². The summed E-state index contributed by atoms with van der Waals surface area (Å²) in [4.78, 5) is 38.2. The first-order valence-electron chi connectivity index (χ1n) is 8.08. The second-order valence-corrected chi connectivity index (χ2v) is 5.82. The Balaban J connectivity index is 1.51. The van der Waals surface area contributed by atoms with E-state index in [0.29, 0.717) is 16.9 Å². The lowest BCUT2D eigenvalue weighted by molar-refractivity contribution is -0.121. The molecule has 0 radical (unpaired) electrons. The topological polar surface area (TPSA) is 117 Å². The molecule has 1 heterocycles. The Morgan fingerprint density at radius 1 is 0.885 bits per heavy atom. The van der Waals surface area contributed by atoms with Gasteiger partial charge in [-0.1, -0.05) is 6.07 Å². The van der Waals surface area contributed by atoms with Gasteiger partial charge in [-0.3, -0.25) is 14.4 Å². The minimum Gasteiger partial charge on any atom is -0.366 e. The molecule has 1 aromatic heterocycles. The van der Waals surface area contributed by atoms with E-state index in [0.717, 1.165) is 10.9 Å². The number of carbonyl (C=O) groups excluding carboxylic acids is 3. The quantitative estimate of drug-likeness (QED) is 0.547. The molecule has 132 valence electrons. The fourth-order valence-corrected chi connectivity index (χ4v) is 2.56. The molecule has 0 bridgehead atoms. The summed E-state index contributed by atoms with van der Waals surface area (Å²) in [6.07, 6.45) is 1.90. The van der Waals surface area contributed by atoms with Crippen LogP contribution in [0, 0.1) is 0 Å². The molecule has 0 spiro atoms. The van der Waals surface area contributed by atoms with Gasteiger partial charge in [-0.2, -0.15) is 0 Å². The second kappa shape index (κ2) is 7.52. The van der Waals surface area contributed by atoms with Gasteiger partial charge in [0.15, 0.2) is 0 Å². The number of nitrogens with one attached hydrogen (secondary N) is 3. The van der Waals surface area contributed by atoms with Crippen molar-refractivity contribution in [3.8, 4) is 0 Å². The van der Waals surface area contributed by atoms with Crippen LogP contribution in [0.1, 0.15) is 23.2 Å². The number of benzene rings is 2.